The Morgan fingerprint density at radius 2 is 2.07 bits per heavy atom. The van der Waals surface area contributed by atoms with E-state index in [-0.39, 0.29) is 0 Å². The lowest BCUT2D eigenvalue weighted by Gasteiger charge is -2.38. The van der Waals surface area contributed by atoms with Crippen molar-refractivity contribution < 1.29 is 14.9 Å². The molecule has 1 aliphatic rings. The number of hydrogen-bond acceptors (Lipinski definition) is 5. The van der Waals surface area contributed by atoms with E-state index in [4.69, 9.17) is 4.74 Å². The summed E-state index contributed by atoms with van der Waals surface area (Å²) in [6.45, 7) is 4.40. The summed E-state index contributed by atoms with van der Waals surface area (Å²) in [5.41, 5.74) is 2.26. The Morgan fingerprint density at radius 1 is 1.24 bits per heavy atom. The molecule has 0 spiro atoms. The van der Waals surface area contributed by atoms with E-state index in [1.165, 1.54) is 0 Å². The van der Waals surface area contributed by atoms with Crippen molar-refractivity contribution in [1.82, 2.24) is 14.9 Å². The van der Waals surface area contributed by atoms with Crippen LogP contribution in [0.1, 0.15) is 37.4 Å². The van der Waals surface area contributed by atoms with Crippen LogP contribution in [0.25, 0.3) is 10.9 Å². The molecule has 4 rings (SSSR count). The summed E-state index contributed by atoms with van der Waals surface area (Å²) < 4.78 is 5.84. The number of nitrogens with one attached hydrogen (secondary N) is 1. The Kier molecular flexibility index (Phi) is 5.85. The van der Waals surface area contributed by atoms with Gasteiger partial charge in [-0.2, -0.15) is 0 Å². The quantitative estimate of drug-likeness (QED) is 0.535. The van der Waals surface area contributed by atoms with Gasteiger partial charge in [0, 0.05) is 60.6 Å². The third kappa shape index (κ3) is 4.45. The van der Waals surface area contributed by atoms with Crippen LogP contribution in [0.2, 0.25) is 0 Å². The first-order valence-electron chi connectivity index (χ1n) is 10.4. The van der Waals surface area contributed by atoms with Gasteiger partial charge >= 0.3 is 0 Å². The van der Waals surface area contributed by atoms with E-state index in [9.17, 15) is 10.2 Å². The largest absolute Gasteiger partial charge is 0.464 e. The molecule has 0 radical (unpaired) electrons. The number of nitrogens with zero attached hydrogens (tertiary/aromatic N) is 2. The first kappa shape index (κ1) is 19.9. The molecule has 0 saturated carbocycles. The number of aliphatic hydroxyl groups is 2. The van der Waals surface area contributed by atoms with Gasteiger partial charge in [-0.1, -0.05) is 19.1 Å². The number of likely N-dealkylation sites (tertiary alicyclic amines) is 1. The molecular formula is C23H29N3O3. The van der Waals surface area contributed by atoms with Crippen LogP contribution in [0.5, 0.6) is 5.75 Å². The fourth-order valence-electron chi connectivity index (χ4n) is 4.05. The van der Waals surface area contributed by atoms with Crippen LogP contribution in [0.15, 0.2) is 48.8 Å². The topological polar surface area (TPSA) is 81.6 Å². The molecule has 2 aromatic heterocycles. The van der Waals surface area contributed by atoms with Crippen LogP contribution in [0.4, 0.5) is 0 Å². The molecule has 6 heteroatoms. The number of aromatic amines is 1. The first-order valence-corrected chi connectivity index (χ1v) is 10.4. The van der Waals surface area contributed by atoms with Crippen LogP contribution in [-0.2, 0) is 12.0 Å². The summed E-state index contributed by atoms with van der Waals surface area (Å²) in [4.78, 5) is 9.76. The number of pyridine rings is 1. The van der Waals surface area contributed by atoms with E-state index >= 15 is 0 Å². The van der Waals surface area contributed by atoms with Crippen LogP contribution < -0.4 is 4.74 Å². The fraction of sp³-hybridized carbons (Fsp3) is 0.435. The van der Waals surface area contributed by atoms with Gasteiger partial charge < -0.3 is 24.8 Å². The number of ether oxygens (including phenoxy) is 1. The second kappa shape index (κ2) is 8.53. The molecule has 1 atom stereocenters. The van der Waals surface area contributed by atoms with Gasteiger partial charge in [-0.3, -0.25) is 4.98 Å². The average molecular weight is 396 g/mol. The highest BCUT2D eigenvalue weighted by molar-refractivity contribution is 5.86. The predicted octanol–water partition coefficient (Wildman–Crippen LogP) is 3.20. The maximum Gasteiger partial charge on any atom is 0.198 e. The molecule has 3 N–H and O–H groups in total. The highest BCUT2D eigenvalue weighted by atomic mass is 16.6. The zero-order valence-electron chi connectivity index (χ0n) is 16.8. The van der Waals surface area contributed by atoms with Crippen molar-refractivity contribution >= 4 is 10.9 Å². The fourth-order valence-corrected chi connectivity index (χ4v) is 4.05. The molecule has 1 aromatic carbocycles. The van der Waals surface area contributed by atoms with E-state index < -0.39 is 11.9 Å². The standard InChI is InChI=1S/C23H29N3O3/c1-2-18-15-19-20(25-18)6-3-7-21(19)29-22(27)8-12-26-13-9-23(28,10-14-26)17-5-4-11-24-16-17/h3-7,11,15-16,22,25,27-28H,2,8-10,12-14H2,1H3. The van der Waals surface area contributed by atoms with Gasteiger partial charge in [0.15, 0.2) is 6.29 Å². The first-order chi connectivity index (χ1) is 14.1. The Bertz CT molecular complexity index is 933. The third-order valence-corrected chi connectivity index (χ3v) is 5.90. The smallest absolute Gasteiger partial charge is 0.198 e. The summed E-state index contributed by atoms with van der Waals surface area (Å²) in [6, 6.07) is 11.7. The minimum absolute atomic E-state index is 0.521. The summed E-state index contributed by atoms with van der Waals surface area (Å²) in [7, 11) is 0. The number of aryl methyl sites for hydroxylation is 1. The van der Waals surface area contributed by atoms with Crippen LogP contribution in [0.3, 0.4) is 0 Å². The summed E-state index contributed by atoms with van der Waals surface area (Å²) in [5, 5.41) is 22.3. The minimum Gasteiger partial charge on any atom is -0.464 e. The Balaban J connectivity index is 1.30. The lowest BCUT2D eigenvalue weighted by molar-refractivity contribution is -0.0472. The molecule has 3 heterocycles. The molecule has 0 bridgehead atoms. The monoisotopic (exact) mass is 395 g/mol. The van der Waals surface area contributed by atoms with Crippen molar-refractivity contribution in [1.29, 1.82) is 0 Å². The molecule has 29 heavy (non-hydrogen) atoms. The second-order valence-electron chi connectivity index (χ2n) is 7.84. The van der Waals surface area contributed by atoms with Gasteiger partial charge in [-0.25, -0.2) is 0 Å². The van der Waals surface area contributed by atoms with Gasteiger partial charge in [0.1, 0.15) is 5.75 Å². The molecule has 154 valence electrons. The van der Waals surface area contributed by atoms with Crippen molar-refractivity contribution in [2.45, 2.75) is 44.5 Å². The number of fused-ring (bicyclic) bond motifs is 1. The lowest BCUT2D eigenvalue weighted by atomic mass is 9.85. The van der Waals surface area contributed by atoms with Crippen LogP contribution in [0, 0.1) is 0 Å². The molecule has 1 fully saturated rings. The van der Waals surface area contributed by atoms with Gasteiger partial charge in [-0.05, 0) is 43.5 Å². The van der Waals surface area contributed by atoms with E-state index in [1.54, 1.807) is 12.4 Å². The van der Waals surface area contributed by atoms with Crippen molar-refractivity contribution in [2.75, 3.05) is 19.6 Å². The molecule has 6 nitrogen and oxygen atoms in total. The van der Waals surface area contributed by atoms with Crippen LogP contribution in [-0.4, -0.2) is 51.0 Å². The van der Waals surface area contributed by atoms with Crippen LogP contribution >= 0.6 is 0 Å². The SMILES string of the molecule is CCc1cc2c(OC(O)CCN3CCC(O)(c4cccnc4)CC3)cccc2[nH]1. The average Bonchev–Trinajstić information content (AvgIpc) is 3.19. The number of H-pyrrole nitrogens is 1. The van der Waals surface area contributed by atoms with Crippen molar-refractivity contribution in [3.8, 4) is 5.75 Å². The maximum atomic E-state index is 10.9. The van der Waals surface area contributed by atoms with Crippen molar-refractivity contribution in [3.05, 3.63) is 60.0 Å². The molecule has 0 amide bonds. The van der Waals surface area contributed by atoms with E-state index in [1.807, 2.05) is 30.3 Å². The second-order valence-corrected chi connectivity index (χ2v) is 7.84. The Morgan fingerprint density at radius 3 is 2.79 bits per heavy atom. The maximum absolute atomic E-state index is 10.9. The van der Waals surface area contributed by atoms with E-state index in [2.05, 4.69) is 27.9 Å². The zero-order valence-corrected chi connectivity index (χ0v) is 16.8. The van der Waals surface area contributed by atoms with Gasteiger partial charge in [-0.15, -0.1) is 0 Å². The Labute approximate surface area is 171 Å². The number of aromatic nitrogens is 2. The predicted molar refractivity (Wildman–Crippen MR) is 113 cm³/mol. The summed E-state index contributed by atoms with van der Waals surface area (Å²) in [6.07, 6.45) is 5.39. The zero-order chi connectivity index (χ0) is 20.3. The Hall–Kier alpha value is -2.41. The van der Waals surface area contributed by atoms with E-state index in [0.717, 1.165) is 48.2 Å². The third-order valence-electron chi connectivity index (χ3n) is 5.90. The molecule has 1 saturated heterocycles. The minimum atomic E-state index is -0.861. The number of rotatable bonds is 7. The van der Waals surface area contributed by atoms with Crippen molar-refractivity contribution in [3.63, 3.8) is 0 Å². The highest BCUT2D eigenvalue weighted by Crippen LogP contribution is 2.32. The number of hydrogen-bond donors (Lipinski definition) is 3. The molecule has 1 aliphatic heterocycles. The van der Waals surface area contributed by atoms with Crippen molar-refractivity contribution in [2.24, 2.45) is 0 Å². The number of benzene rings is 1. The highest BCUT2D eigenvalue weighted by Gasteiger charge is 2.34. The van der Waals surface area contributed by atoms with Gasteiger partial charge in [0.05, 0.1) is 5.60 Å². The normalized spacial score (nSPS) is 18.0. The molecule has 3 aromatic rings. The lowest BCUT2D eigenvalue weighted by Crippen LogP contribution is -2.43. The number of aliphatic hydroxyl groups excluding tert-OH is 1. The summed E-state index contributed by atoms with van der Waals surface area (Å²) >= 11 is 0. The van der Waals surface area contributed by atoms with E-state index in [0.29, 0.717) is 25.0 Å². The van der Waals surface area contributed by atoms with Gasteiger partial charge in [0.25, 0.3) is 0 Å². The molecule has 0 aliphatic carbocycles. The van der Waals surface area contributed by atoms with Gasteiger partial charge in [0.2, 0.25) is 0 Å². The molecular weight excluding hydrogens is 366 g/mol. The molecule has 1 unspecified atom stereocenters. The summed E-state index contributed by atoms with van der Waals surface area (Å²) in [5.74, 6) is 0.704. The number of piperidine rings is 1.